The lowest BCUT2D eigenvalue weighted by Gasteiger charge is -1.98. The van der Waals surface area contributed by atoms with Gasteiger partial charge in [-0.3, -0.25) is 0 Å². The molecule has 1 nitrogen and oxygen atoms in total. The van der Waals surface area contributed by atoms with Gasteiger partial charge < -0.3 is 5.32 Å². The first-order chi connectivity index (χ1) is 4.93. The van der Waals surface area contributed by atoms with Crippen LogP contribution in [-0.4, -0.2) is 13.1 Å². The number of rotatable bonds is 5. The fourth-order valence-electron chi connectivity index (χ4n) is 0.980. The Hall–Kier alpha value is -0.300. The zero-order valence-corrected chi connectivity index (χ0v) is 6.77. The summed E-state index contributed by atoms with van der Waals surface area (Å²) in [5, 5.41) is 3.43. The number of hydrogen-bond donors (Lipinski definition) is 1. The Kier molecular flexibility index (Phi) is 3.52. The van der Waals surface area contributed by atoms with E-state index in [2.05, 4.69) is 24.4 Å². The van der Waals surface area contributed by atoms with Gasteiger partial charge >= 0.3 is 0 Å². The van der Waals surface area contributed by atoms with Crippen LogP contribution in [0.1, 0.15) is 26.2 Å². The van der Waals surface area contributed by atoms with Gasteiger partial charge in [-0.15, -0.1) is 0 Å². The second kappa shape index (κ2) is 4.51. The predicted molar refractivity (Wildman–Crippen MR) is 45.0 cm³/mol. The van der Waals surface area contributed by atoms with Crippen molar-refractivity contribution in [2.75, 3.05) is 13.1 Å². The smallest absolute Gasteiger partial charge is 0.00142 e. The van der Waals surface area contributed by atoms with Crippen LogP contribution in [0.25, 0.3) is 0 Å². The molecule has 58 valence electrons. The lowest BCUT2D eigenvalue weighted by atomic mass is 10.3. The van der Waals surface area contributed by atoms with Gasteiger partial charge in [-0.05, 0) is 45.2 Å². The van der Waals surface area contributed by atoms with Crippen molar-refractivity contribution in [3.63, 3.8) is 0 Å². The lowest BCUT2D eigenvalue weighted by Crippen LogP contribution is -2.17. The molecule has 0 radical (unpaired) electrons. The highest BCUT2D eigenvalue weighted by atomic mass is 14.9. The third-order valence-corrected chi connectivity index (χ3v) is 1.85. The zero-order chi connectivity index (χ0) is 7.23. The molecule has 0 spiro atoms. The van der Waals surface area contributed by atoms with E-state index >= 15 is 0 Å². The van der Waals surface area contributed by atoms with Crippen LogP contribution in [0, 0.1) is 5.92 Å². The fraction of sp³-hybridized carbons (Fsp3) is 0.778. The van der Waals surface area contributed by atoms with Crippen molar-refractivity contribution in [2.24, 2.45) is 5.92 Å². The van der Waals surface area contributed by atoms with E-state index in [0.717, 1.165) is 12.5 Å². The molecule has 0 aliphatic heterocycles. The Morgan fingerprint density at radius 1 is 1.50 bits per heavy atom. The highest BCUT2D eigenvalue weighted by Crippen LogP contribution is 2.27. The van der Waals surface area contributed by atoms with Gasteiger partial charge in [0.25, 0.3) is 0 Å². The minimum absolute atomic E-state index is 1.02. The summed E-state index contributed by atoms with van der Waals surface area (Å²) in [6.07, 6.45) is 8.41. The molecule has 10 heavy (non-hydrogen) atoms. The summed E-state index contributed by atoms with van der Waals surface area (Å²) in [7, 11) is 0. The van der Waals surface area contributed by atoms with E-state index in [0.29, 0.717) is 0 Å². The Balaban J connectivity index is 1.76. The normalized spacial score (nSPS) is 18.5. The van der Waals surface area contributed by atoms with Crippen molar-refractivity contribution in [3.05, 3.63) is 12.2 Å². The summed E-state index contributed by atoms with van der Waals surface area (Å²) in [5.41, 5.74) is 0. The quantitative estimate of drug-likeness (QED) is 0.453. The summed E-state index contributed by atoms with van der Waals surface area (Å²) in [5.74, 6) is 1.02. The van der Waals surface area contributed by atoms with Gasteiger partial charge in [0.05, 0.1) is 0 Å². The van der Waals surface area contributed by atoms with Gasteiger partial charge in [0, 0.05) is 0 Å². The molecule has 0 bridgehead atoms. The van der Waals surface area contributed by atoms with E-state index < -0.39 is 0 Å². The predicted octanol–water partition coefficient (Wildman–Crippen LogP) is 1.95. The molecule has 0 aromatic rings. The standard InChI is InChI=1S/C9H17N/c1-2-3-4-7-10-8-9-5-6-9/h2-3,9-10H,4-8H2,1H3/b3-2+. The maximum Gasteiger partial charge on any atom is -0.00142 e. The minimum atomic E-state index is 1.02. The summed E-state index contributed by atoms with van der Waals surface area (Å²) < 4.78 is 0. The Bertz CT molecular complexity index is 103. The van der Waals surface area contributed by atoms with E-state index in [1.165, 1.54) is 25.8 Å². The molecule has 0 aromatic heterocycles. The van der Waals surface area contributed by atoms with Crippen molar-refractivity contribution in [1.29, 1.82) is 0 Å². The highest BCUT2D eigenvalue weighted by molar-refractivity contribution is 4.79. The van der Waals surface area contributed by atoms with E-state index in [1.54, 1.807) is 0 Å². The molecule has 1 aliphatic rings. The zero-order valence-electron chi connectivity index (χ0n) is 6.77. The Morgan fingerprint density at radius 2 is 2.30 bits per heavy atom. The van der Waals surface area contributed by atoms with Crippen molar-refractivity contribution < 1.29 is 0 Å². The molecule has 0 saturated heterocycles. The van der Waals surface area contributed by atoms with Gasteiger partial charge in [0.1, 0.15) is 0 Å². The Morgan fingerprint density at radius 3 is 2.90 bits per heavy atom. The second-order valence-corrected chi connectivity index (χ2v) is 3.01. The summed E-state index contributed by atoms with van der Waals surface area (Å²) >= 11 is 0. The largest absolute Gasteiger partial charge is 0.316 e. The lowest BCUT2D eigenvalue weighted by molar-refractivity contribution is 0.642. The number of hydrogen-bond acceptors (Lipinski definition) is 1. The average Bonchev–Trinajstić information content (AvgIpc) is 2.71. The average molecular weight is 139 g/mol. The van der Waals surface area contributed by atoms with Gasteiger partial charge in [-0.2, -0.15) is 0 Å². The summed E-state index contributed by atoms with van der Waals surface area (Å²) in [6.45, 7) is 4.47. The van der Waals surface area contributed by atoms with E-state index in [1.807, 2.05) is 0 Å². The van der Waals surface area contributed by atoms with Crippen molar-refractivity contribution in [2.45, 2.75) is 26.2 Å². The van der Waals surface area contributed by atoms with E-state index in [4.69, 9.17) is 0 Å². The van der Waals surface area contributed by atoms with Crippen molar-refractivity contribution >= 4 is 0 Å². The van der Waals surface area contributed by atoms with Gasteiger partial charge in [-0.1, -0.05) is 12.2 Å². The SMILES string of the molecule is C/C=C/CCNCC1CC1. The molecular formula is C9H17N. The fourth-order valence-corrected chi connectivity index (χ4v) is 0.980. The molecule has 1 saturated carbocycles. The van der Waals surface area contributed by atoms with Crippen LogP contribution in [0.2, 0.25) is 0 Å². The molecule has 1 N–H and O–H groups in total. The molecule has 0 unspecified atom stereocenters. The maximum atomic E-state index is 3.43. The minimum Gasteiger partial charge on any atom is -0.316 e. The molecule has 1 fully saturated rings. The molecule has 1 rings (SSSR count). The molecule has 0 heterocycles. The third kappa shape index (κ3) is 3.67. The Labute approximate surface area is 63.5 Å². The number of nitrogens with one attached hydrogen (secondary N) is 1. The molecule has 1 aliphatic carbocycles. The van der Waals surface area contributed by atoms with E-state index in [-0.39, 0.29) is 0 Å². The van der Waals surface area contributed by atoms with Gasteiger partial charge in [0.2, 0.25) is 0 Å². The molecule has 1 heteroatoms. The van der Waals surface area contributed by atoms with Crippen LogP contribution in [0.4, 0.5) is 0 Å². The van der Waals surface area contributed by atoms with Crippen LogP contribution in [0.15, 0.2) is 12.2 Å². The van der Waals surface area contributed by atoms with E-state index in [9.17, 15) is 0 Å². The van der Waals surface area contributed by atoms with Crippen LogP contribution in [0.3, 0.4) is 0 Å². The van der Waals surface area contributed by atoms with Gasteiger partial charge in [-0.25, -0.2) is 0 Å². The first-order valence-corrected chi connectivity index (χ1v) is 4.25. The van der Waals surface area contributed by atoms with Crippen LogP contribution < -0.4 is 5.32 Å². The second-order valence-electron chi connectivity index (χ2n) is 3.01. The molecule has 0 amide bonds. The van der Waals surface area contributed by atoms with Gasteiger partial charge in [0.15, 0.2) is 0 Å². The first-order valence-electron chi connectivity index (χ1n) is 4.25. The monoisotopic (exact) mass is 139 g/mol. The van der Waals surface area contributed by atoms with Crippen molar-refractivity contribution in [1.82, 2.24) is 5.32 Å². The van der Waals surface area contributed by atoms with Crippen LogP contribution in [-0.2, 0) is 0 Å². The maximum absolute atomic E-state index is 3.43. The molecule has 0 aromatic carbocycles. The topological polar surface area (TPSA) is 12.0 Å². The summed E-state index contributed by atoms with van der Waals surface area (Å²) in [6, 6.07) is 0. The number of allylic oxidation sites excluding steroid dienone is 1. The van der Waals surface area contributed by atoms with Crippen molar-refractivity contribution in [3.8, 4) is 0 Å². The molecule has 0 atom stereocenters. The van der Waals surface area contributed by atoms with Crippen LogP contribution in [0.5, 0.6) is 0 Å². The highest BCUT2D eigenvalue weighted by Gasteiger charge is 2.19. The summed E-state index contributed by atoms with van der Waals surface area (Å²) in [4.78, 5) is 0. The first kappa shape index (κ1) is 7.80. The third-order valence-electron chi connectivity index (χ3n) is 1.85. The molecular weight excluding hydrogens is 122 g/mol. The van der Waals surface area contributed by atoms with Crippen LogP contribution >= 0.6 is 0 Å².